The Hall–Kier alpha value is 2.92. The Labute approximate surface area is 93.9 Å². The van der Waals surface area contributed by atoms with Crippen molar-refractivity contribution in [3.8, 4) is 0 Å². The summed E-state index contributed by atoms with van der Waals surface area (Å²) in [5.41, 5.74) is 0. The smallest absolute Gasteiger partial charge is 1.00 e. The Bertz CT molecular complexity index is 7.61. The van der Waals surface area contributed by atoms with E-state index in [0.29, 0.717) is 0 Å². The van der Waals surface area contributed by atoms with E-state index >= 15 is 0 Å². The number of rotatable bonds is 0. The van der Waals surface area contributed by atoms with Gasteiger partial charge in [-0.25, -0.2) is 0 Å². The fraction of sp³-hybridized carbons (Fsp3) is 0. The van der Waals surface area contributed by atoms with Crippen molar-refractivity contribution < 1.29 is 43.2 Å². The molecule has 0 unspecified atom stereocenters. The minimum Gasteiger partial charge on any atom is -2.00 e. The molecule has 0 aromatic carbocycles. The van der Waals surface area contributed by atoms with E-state index in [0.717, 1.165) is 0 Å². The average Bonchev–Trinajstić information content (AvgIpc) is 0. The molecular weight excluding hydrogens is 448 g/mol. The van der Waals surface area contributed by atoms with Crippen LogP contribution in [0.25, 0.3) is 0 Å². The van der Waals surface area contributed by atoms with Crippen molar-refractivity contribution in [2.24, 2.45) is 0 Å². The van der Waals surface area contributed by atoms with Crippen LogP contribution in [0.1, 0.15) is 0 Å². The van der Waals surface area contributed by atoms with Crippen LogP contribution < -0.4 is 37.7 Å². The van der Waals surface area contributed by atoms with Crippen molar-refractivity contribution in [3.63, 3.8) is 0 Å². The van der Waals surface area contributed by atoms with E-state index in [4.69, 9.17) is 0 Å². The van der Waals surface area contributed by atoms with Crippen LogP contribution in [-0.2, 0) is 5.48 Å². The maximum absolute atomic E-state index is 0. The zero-order valence-electron chi connectivity index (χ0n) is 3.30. The van der Waals surface area contributed by atoms with Crippen LogP contribution in [-0.4, -0.2) is 52.4 Å². The van der Waals surface area contributed by atoms with Gasteiger partial charge in [0.15, 0.2) is 0 Å². The average molecular weight is 448 g/mol. The molecule has 6 radical (unpaired) electrons. The largest absolute Gasteiger partial charge is 2.00 e. The predicted octanol–water partition coefficient (Wildman–Crippen LogP) is -6.87. The second-order valence-electron chi connectivity index (χ2n) is 0. The molecule has 0 aromatic heterocycles. The van der Waals surface area contributed by atoms with Crippen molar-refractivity contribution in [3.05, 3.63) is 0 Å². The second kappa shape index (κ2) is 28.4. The molecule has 0 N–H and O–H groups in total. The van der Waals surface area contributed by atoms with Gasteiger partial charge in [-0.05, 0) is 0 Å². The third-order valence-electron chi connectivity index (χ3n) is 0. The molecule has 0 aliphatic heterocycles. The van der Waals surface area contributed by atoms with Crippen LogP contribution in [0.3, 0.4) is 0 Å². The third kappa shape index (κ3) is 19.6. The Kier molecular flexibility index (Phi) is 253. The first kappa shape index (κ1) is 44.5. The quantitative estimate of drug-likeness (QED) is 0.330. The summed E-state index contributed by atoms with van der Waals surface area (Å²) in [5.74, 6) is 0. The van der Waals surface area contributed by atoms with E-state index in [2.05, 4.69) is 0 Å². The van der Waals surface area contributed by atoms with Crippen LogP contribution in [0, 0.1) is 0 Å². The predicted molar refractivity (Wildman–Crippen MR) is 12.2 cm³/mol. The fourth-order valence-corrected chi connectivity index (χ4v) is 0. The van der Waals surface area contributed by atoms with E-state index in [9.17, 15) is 0 Å². The topological polar surface area (TPSA) is 28.5 Å². The van der Waals surface area contributed by atoms with Gasteiger partial charge in [0.1, 0.15) is 0 Å². The third-order valence-corrected chi connectivity index (χ3v) is 0. The maximum atomic E-state index is 0. The SMILES string of the molecule is [Bi].[Bi].[Li+].[Li+].[O-2]. The molecular formula is Bi2Li2O. The summed E-state index contributed by atoms with van der Waals surface area (Å²) in [6, 6.07) is 0. The summed E-state index contributed by atoms with van der Waals surface area (Å²) in [7, 11) is 0. The van der Waals surface area contributed by atoms with Crippen LogP contribution in [0.2, 0.25) is 0 Å². The van der Waals surface area contributed by atoms with Crippen LogP contribution in [0.4, 0.5) is 0 Å². The van der Waals surface area contributed by atoms with Crippen molar-refractivity contribution in [2.75, 3.05) is 0 Å². The van der Waals surface area contributed by atoms with Gasteiger partial charge in [0.05, 0.1) is 0 Å². The van der Waals surface area contributed by atoms with Gasteiger partial charge in [0.25, 0.3) is 0 Å². The second-order valence-corrected chi connectivity index (χ2v) is 0. The molecule has 0 spiro atoms. The van der Waals surface area contributed by atoms with Crippen molar-refractivity contribution in [1.29, 1.82) is 0 Å². The summed E-state index contributed by atoms with van der Waals surface area (Å²) in [4.78, 5) is 0. The summed E-state index contributed by atoms with van der Waals surface area (Å²) in [6.07, 6.45) is 0. The van der Waals surface area contributed by atoms with Crippen LogP contribution >= 0.6 is 0 Å². The molecule has 0 rings (SSSR count). The monoisotopic (exact) mass is 448 g/mol. The molecule has 0 atom stereocenters. The molecule has 5 heteroatoms. The number of hydrogen-bond acceptors (Lipinski definition) is 0. The van der Waals surface area contributed by atoms with Gasteiger partial charge in [0, 0.05) is 52.4 Å². The first-order valence-electron chi connectivity index (χ1n) is 0. The minimum absolute atomic E-state index is 0. The first-order chi connectivity index (χ1) is 0. The molecule has 0 amide bonds. The van der Waals surface area contributed by atoms with E-state index in [1.807, 2.05) is 0 Å². The van der Waals surface area contributed by atoms with Gasteiger partial charge in [-0.2, -0.15) is 0 Å². The van der Waals surface area contributed by atoms with Gasteiger partial charge < -0.3 is 5.48 Å². The van der Waals surface area contributed by atoms with Gasteiger partial charge in [0.2, 0.25) is 0 Å². The molecule has 0 saturated carbocycles. The minimum atomic E-state index is 0. The van der Waals surface area contributed by atoms with Crippen molar-refractivity contribution in [2.45, 2.75) is 0 Å². The van der Waals surface area contributed by atoms with E-state index in [-0.39, 0.29) is 95.6 Å². The van der Waals surface area contributed by atoms with Gasteiger partial charge >= 0.3 is 37.7 Å². The molecule has 1 nitrogen and oxygen atoms in total. The Morgan fingerprint density at radius 3 is 0.600 bits per heavy atom. The Morgan fingerprint density at radius 1 is 0.600 bits per heavy atom. The standard InChI is InChI=1S/2Bi.2Li.O/q;;2*+1;-2. The molecule has 5 heavy (non-hydrogen) atoms. The molecule has 0 aliphatic carbocycles. The zero-order chi connectivity index (χ0) is 0. The van der Waals surface area contributed by atoms with E-state index in [1.54, 1.807) is 0 Å². The normalized spacial score (nSPS) is 0. The molecule has 0 saturated heterocycles. The number of hydrogen-bond donors (Lipinski definition) is 0. The zero-order valence-corrected chi connectivity index (χ0v) is 10.3. The Balaban J connectivity index is 0. The van der Waals surface area contributed by atoms with E-state index in [1.165, 1.54) is 0 Å². The van der Waals surface area contributed by atoms with Gasteiger partial charge in [-0.1, -0.05) is 0 Å². The molecule has 0 aromatic rings. The molecule has 0 fully saturated rings. The van der Waals surface area contributed by atoms with E-state index < -0.39 is 0 Å². The fourth-order valence-electron chi connectivity index (χ4n) is 0. The van der Waals surface area contributed by atoms with Crippen LogP contribution in [0.15, 0.2) is 0 Å². The Morgan fingerprint density at radius 2 is 0.600 bits per heavy atom. The first-order valence-corrected chi connectivity index (χ1v) is 0. The molecule has 0 bridgehead atoms. The molecule has 0 aliphatic rings. The van der Waals surface area contributed by atoms with Gasteiger partial charge in [-0.15, -0.1) is 0 Å². The summed E-state index contributed by atoms with van der Waals surface area (Å²) in [6.45, 7) is 0. The van der Waals surface area contributed by atoms with Crippen molar-refractivity contribution in [1.82, 2.24) is 0 Å². The van der Waals surface area contributed by atoms with Gasteiger partial charge in [-0.3, -0.25) is 0 Å². The molecule has 18 valence electrons. The summed E-state index contributed by atoms with van der Waals surface area (Å²) in [5, 5.41) is 0. The summed E-state index contributed by atoms with van der Waals surface area (Å²) < 4.78 is 0. The summed E-state index contributed by atoms with van der Waals surface area (Å²) >= 11 is 0. The maximum Gasteiger partial charge on any atom is 1.00 e. The van der Waals surface area contributed by atoms with Crippen LogP contribution in [0.5, 0.6) is 0 Å². The molecule has 0 heterocycles. The van der Waals surface area contributed by atoms with Crippen molar-refractivity contribution >= 4 is 52.4 Å².